The summed E-state index contributed by atoms with van der Waals surface area (Å²) in [5, 5.41) is 0. The maximum atomic E-state index is 13.1. The van der Waals surface area contributed by atoms with Gasteiger partial charge < -0.3 is 9.64 Å². The monoisotopic (exact) mass is 447 g/mol. The third-order valence-corrected chi connectivity index (χ3v) is 6.41. The fourth-order valence-electron chi connectivity index (χ4n) is 3.48. The highest BCUT2D eigenvalue weighted by Gasteiger charge is 2.32. The molecule has 0 amide bonds. The Kier molecular flexibility index (Phi) is 5.63. The Labute approximate surface area is 186 Å². The maximum Gasteiger partial charge on any atom is 0.284 e. The molecule has 0 N–H and O–H groups in total. The van der Waals surface area contributed by atoms with Crippen molar-refractivity contribution in [3.63, 3.8) is 0 Å². The molecule has 4 rings (SSSR count). The Balaban J connectivity index is 1.89. The summed E-state index contributed by atoms with van der Waals surface area (Å²) in [6.07, 6.45) is 0. The Morgan fingerprint density at radius 2 is 1.59 bits per heavy atom. The Morgan fingerprint density at radius 3 is 2.28 bits per heavy atom. The molecule has 3 aromatic carbocycles. The van der Waals surface area contributed by atoms with Gasteiger partial charge in [0.15, 0.2) is 11.6 Å². The molecule has 7 nitrogen and oxygen atoms in total. The number of nitrogens with zero attached hydrogens (tertiary/aromatic N) is 3. The molecule has 8 heteroatoms. The Bertz CT molecular complexity index is 1360. The molecular weight excluding hydrogens is 426 g/mol. The van der Waals surface area contributed by atoms with Gasteiger partial charge in [0.2, 0.25) is 0 Å². The molecule has 0 fully saturated rings. The molecular formula is C24H21N3O4S. The lowest BCUT2D eigenvalue weighted by Crippen LogP contribution is -2.27. The van der Waals surface area contributed by atoms with E-state index < -0.39 is 10.0 Å². The largest absolute Gasteiger partial charge is 0.497 e. The lowest BCUT2D eigenvalue weighted by atomic mass is 10.1. The van der Waals surface area contributed by atoms with Crippen LogP contribution in [-0.2, 0) is 10.0 Å². The van der Waals surface area contributed by atoms with Gasteiger partial charge >= 0.3 is 0 Å². The van der Waals surface area contributed by atoms with Gasteiger partial charge in [-0.2, -0.15) is 8.42 Å². The third kappa shape index (κ3) is 3.92. The summed E-state index contributed by atoms with van der Waals surface area (Å²) in [4.78, 5) is 18.5. The molecule has 0 unspecified atom stereocenters. The van der Waals surface area contributed by atoms with Crippen molar-refractivity contribution >= 4 is 38.7 Å². The lowest BCUT2D eigenvalue weighted by molar-refractivity contribution is 0.101. The van der Waals surface area contributed by atoms with Crippen molar-refractivity contribution in [2.45, 2.75) is 11.8 Å². The Morgan fingerprint density at radius 1 is 0.938 bits per heavy atom. The number of anilines is 1. The van der Waals surface area contributed by atoms with Crippen molar-refractivity contribution in [3.05, 3.63) is 83.9 Å². The van der Waals surface area contributed by atoms with Gasteiger partial charge in [-0.25, -0.2) is 4.99 Å². The van der Waals surface area contributed by atoms with E-state index in [1.165, 1.54) is 26.2 Å². The van der Waals surface area contributed by atoms with E-state index >= 15 is 0 Å². The zero-order valence-electron chi connectivity index (χ0n) is 17.8. The van der Waals surface area contributed by atoms with Gasteiger partial charge in [0.25, 0.3) is 10.0 Å². The van der Waals surface area contributed by atoms with Crippen LogP contribution in [0, 0.1) is 0 Å². The van der Waals surface area contributed by atoms with Crippen LogP contribution in [0.1, 0.15) is 22.8 Å². The first kappa shape index (κ1) is 21.5. The van der Waals surface area contributed by atoms with Crippen molar-refractivity contribution < 1.29 is 17.9 Å². The highest BCUT2D eigenvalue weighted by atomic mass is 32.2. The van der Waals surface area contributed by atoms with Gasteiger partial charge in [0, 0.05) is 18.2 Å². The van der Waals surface area contributed by atoms with E-state index in [4.69, 9.17) is 9.73 Å². The minimum Gasteiger partial charge on any atom is -0.497 e. The predicted molar refractivity (Wildman–Crippen MR) is 125 cm³/mol. The minimum atomic E-state index is -4.03. The first-order chi connectivity index (χ1) is 15.3. The summed E-state index contributed by atoms with van der Waals surface area (Å²) in [6.45, 7) is 1.47. The average molecular weight is 448 g/mol. The van der Waals surface area contributed by atoms with E-state index in [-0.39, 0.29) is 16.5 Å². The number of likely N-dealkylation sites (N-methyl/N-ethyl adjacent to an activating group) is 1. The molecule has 3 aromatic rings. The topological polar surface area (TPSA) is 88.4 Å². The van der Waals surface area contributed by atoms with Gasteiger partial charge in [-0.15, -0.1) is 4.40 Å². The minimum absolute atomic E-state index is 0.0404. The number of carbonyl (C=O) groups excluding carboxylic acids is 1. The van der Waals surface area contributed by atoms with Gasteiger partial charge in [-0.1, -0.05) is 30.3 Å². The molecule has 0 aromatic heterocycles. The number of ether oxygens (including phenoxy) is 1. The van der Waals surface area contributed by atoms with Crippen LogP contribution in [0.4, 0.5) is 11.4 Å². The summed E-state index contributed by atoms with van der Waals surface area (Å²) in [5.41, 5.74) is 2.79. The van der Waals surface area contributed by atoms with E-state index in [1.54, 1.807) is 48.3 Å². The van der Waals surface area contributed by atoms with Crippen LogP contribution in [0.3, 0.4) is 0 Å². The second kappa shape index (κ2) is 8.39. The summed E-state index contributed by atoms with van der Waals surface area (Å²) < 4.78 is 35.4. The van der Waals surface area contributed by atoms with Gasteiger partial charge in [-0.05, 0) is 49.4 Å². The summed E-state index contributed by atoms with van der Waals surface area (Å²) in [5.74, 6) is 0.597. The highest BCUT2D eigenvalue weighted by Crippen LogP contribution is 2.32. The number of rotatable bonds is 5. The number of amidine groups is 1. The smallest absolute Gasteiger partial charge is 0.284 e. The number of methoxy groups -OCH3 is 1. The van der Waals surface area contributed by atoms with Gasteiger partial charge in [-0.3, -0.25) is 4.79 Å². The van der Waals surface area contributed by atoms with Crippen LogP contribution in [0.25, 0.3) is 0 Å². The van der Waals surface area contributed by atoms with E-state index in [2.05, 4.69) is 4.40 Å². The molecule has 162 valence electrons. The van der Waals surface area contributed by atoms with Crippen LogP contribution in [0.2, 0.25) is 0 Å². The highest BCUT2D eigenvalue weighted by molar-refractivity contribution is 7.90. The Hall–Kier alpha value is -3.78. The average Bonchev–Trinajstić information content (AvgIpc) is 3.05. The third-order valence-electron chi connectivity index (χ3n) is 5.13. The maximum absolute atomic E-state index is 13.1. The number of Topliss-reactive ketones (excluding diaryl/α,β-unsaturated/α-hetero) is 1. The molecule has 1 aliphatic rings. The van der Waals surface area contributed by atoms with Crippen LogP contribution >= 0.6 is 0 Å². The second-order valence-electron chi connectivity index (χ2n) is 7.18. The van der Waals surface area contributed by atoms with Gasteiger partial charge in [0.05, 0.1) is 23.4 Å². The fourth-order valence-corrected chi connectivity index (χ4v) is 4.50. The number of carbonyl (C=O) groups is 1. The van der Waals surface area contributed by atoms with Crippen LogP contribution in [-0.4, -0.2) is 39.9 Å². The van der Waals surface area contributed by atoms with Crippen LogP contribution in [0.5, 0.6) is 5.75 Å². The zero-order chi connectivity index (χ0) is 22.9. The summed E-state index contributed by atoms with van der Waals surface area (Å²) >= 11 is 0. The van der Waals surface area contributed by atoms with Crippen molar-refractivity contribution in [2.24, 2.45) is 9.39 Å². The summed E-state index contributed by atoms with van der Waals surface area (Å²) in [7, 11) is -0.781. The van der Waals surface area contributed by atoms with Crippen LogP contribution < -0.4 is 9.64 Å². The SMILES string of the molecule is COc1ccc(S(=O)(=O)/N=C2/C(=Nc3ccccc3C(C)=O)c3ccccc3N2C)cc1. The second-order valence-corrected chi connectivity index (χ2v) is 8.78. The number of fused-ring (bicyclic) bond motifs is 1. The number of para-hydroxylation sites is 2. The molecule has 1 aliphatic heterocycles. The number of hydrogen-bond acceptors (Lipinski definition) is 5. The van der Waals surface area contributed by atoms with E-state index in [1.807, 2.05) is 24.3 Å². The first-order valence-electron chi connectivity index (χ1n) is 9.83. The summed E-state index contributed by atoms with van der Waals surface area (Å²) in [6, 6.07) is 20.4. The number of ketones is 1. The zero-order valence-corrected chi connectivity index (χ0v) is 18.6. The fraction of sp³-hybridized carbons (Fsp3) is 0.125. The molecule has 0 aliphatic carbocycles. The standard InChI is InChI=1S/C24H21N3O4S/c1-16(28)19-8-4-6-10-21(19)25-23-20-9-5-7-11-22(20)27(2)24(23)26-32(29,30)18-14-12-17(31-3)13-15-18/h4-15H,1-3H3/b25-23?,26-24-. The first-order valence-corrected chi connectivity index (χ1v) is 11.3. The molecule has 0 radical (unpaired) electrons. The van der Waals surface area contributed by atoms with E-state index in [0.717, 1.165) is 11.3 Å². The molecule has 0 atom stereocenters. The van der Waals surface area contributed by atoms with Crippen molar-refractivity contribution in [1.82, 2.24) is 0 Å². The van der Waals surface area contributed by atoms with Crippen molar-refractivity contribution in [1.29, 1.82) is 0 Å². The van der Waals surface area contributed by atoms with Crippen molar-refractivity contribution in [2.75, 3.05) is 19.1 Å². The van der Waals surface area contributed by atoms with E-state index in [0.29, 0.717) is 22.7 Å². The van der Waals surface area contributed by atoms with Crippen LogP contribution in [0.15, 0.2) is 87.1 Å². The number of hydrogen-bond donors (Lipinski definition) is 0. The number of sulfonamides is 1. The number of benzene rings is 3. The predicted octanol–water partition coefficient (Wildman–Crippen LogP) is 4.26. The molecule has 0 saturated heterocycles. The molecule has 0 bridgehead atoms. The number of aliphatic imine (C=N–C) groups is 1. The molecule has 0 saturated carbocycles. The molecule has 1 heterocycles. The normalized spacial score (nSPS) is 15.8. The quantitative estimate of drug-likeness (QED) is 0.546. The molecule has 32 heavy (non-hydrogen) atoms. The van der Waals surface area contributed by atoms with Gasteiger partial charge in [0.1, 0.15) is 11.5 Å². The van der Waals surface area contributed by atoms with E-state index in [9.17, 15) is 13.2 Å². The van der Waals surface area contributed by atoms with Crippen molar-refractivity contribution in [3.8, 4) is 5.75 Å². The molecule has 0 spiro atoms. The lowest BCUT2D eigenvalue weighted by Gasteiger charge is -2.13.